The third-order valence-corrected chi connectivity index (χ3v) is 5.56. The smallest absolute Gasteiger partial charge is 0.247 e. The summed E-state index contributed by atoms with van der Waals surface area (Å²) >= 11 is 11.9. The zero-order valence-electron chi connectivity index (χ0n) is 15.6. The lowest BCUT2D eigenvalue weighted by Crippen LogP contribution is -2.46. The van der Waals surface area contributed by atoms with Gasteiger partial charge in [0.05, 0.1) is 0 Å². The molecule has 2 aromatic carbocycles. The van der Waals surface area contributed by atoms with Crippen molar-refractivity contribution in [3.63, 3.8) is 0 Å². The second-order valence-corrected chi connectivity index (χ2v) is 7.79. The molecule has 4 nitrogen and oxygen atoms in total. The van der Waals surface area contributed by atoms with Gasteiger partial charge in [-0.3, -0.25) is 9.59 Å². The standard InChI is InChI=1S/C22H24Cl2N2O2/c23-14-20(27)26(15-16-6-2-1-3-7-16)21(17-10-12-18(24)13-11-17)22(28)25-19-8-4-5-9-19/h1-3,6-7,10-13,19,21H,4-5,8-9,14-15H2,(H,25,28)/t21-/m0/s1. The van der Waals surface area contributed by atoms with Crippen molar-refractivity contribution < 1.29 is 9.59 Å². The molecule has 1 N–H and O–H groups in total. The van der Waals surface area contributed by atoms with E-state index < -0.39 is 6.04 Å². The van der Waals surface area contributed by atoms with Crippen LogP contribution in [0.2, 0.25) is 5.02 Å². The van der Waals surface area contributed by atoms with Crippen LogP contribution in [0.15, 0.2) is 54.6 Å². The first-order valence-electron chi connectivity index (χ1n) is 9.53. The summed E-state index contributed by atoms with van der Waals surface area (Å²) in [6, 6.07) is 16.1. The average molecular weight is 419 g/mol. The molecule has 148 valence electrons. The highest BCUT2D eigenvalue weighted by molar-refractivity contribution is 6.30. The maximum atomic E-state index is 13.3. The van der Waals surface area contributed by atoms with Gasteiger partial charge in [-0.15, -0.1) is 11.6 Å². The fraction of sp³-hybridized carbons (Fsp3) is 0.364. The van der Waals surface area contributed by atoms with E-state index in [2.05, 4.69) is 5.32 Å². The van der Waals surface area contributed by atoms with Crippen LogP contribution >= 0.6 is 23.2 Å². The fourth-order valence-corrected chi connectivity index (χ4v) is 3.93. The minimum atomic E-state index is -0.760. The quantitative estimate of drug-likeness (QED) is 0.661. The van der Waals surface area contributed by atoms with Crippen LogP contribution < -0.4 is 5.32 Å². The van der Waals surface area contributed by atoms with Crippen LogP contribution in [0.3, 0.4) is 0 Å². The van der Waals surface area contributed by atoms with Gasteiger partial charge >= 0.3 is 0 Å². The number of halogens is 2. The monoisotopic (exact) mass is 418 g/mol. The van der Waals surface area contributed by atoms with Gasteiger partial charge in [0.2, 0.25) is 11.8 Å². The van der Waals surface area contributed by atoms with E-state index in [0.717, 1.165) is 31.2 Å². The van der Waals surface area contributed by atoms with Crippen LogP contribution in [0.1, 0.15) is 42.9 Å². The lowest BCUT2D eigenvalue weighted by atomic mass is 10.0. The number of benzene rings is 2. The van der Waals surface area contributed by atoms with Gasteiger partial charge in [-0.1, -0.05) is 66.9 Å². The molecule has 2 amide bonds. The molecular formula is C22H24Cl2N2O2. The van der Waals surface area contributed by atoms with Crippen LogP contribution in [0.25, 0.3) is 0 Å². The summed E-state index contributed by atoms with van der Waals surface area (Å²) in [4.78, 5) is 27.5. The molecular weight excluding hydrogens is 395 g/mol. The molecule has 0 aliphatic heterocycles. The lowest BCUT2D eigenvalue weighted by Gasteiger charge is -2.32. The molecule has 3 rings (SSSR count). The third kappa shape index (κ3) is 5.27. The number of nitrogens with zero attached hydrogens (tertiary/aromatic N) is 1. The van der Waals surface area contributed by atoms with E-state index in [4.69, 9.17) is 23.2 Å². The number of hydrogen-bond donors (Lipinski definition) is 1. The second kappa shape index (κ2) is 9.94. The predicted molar refractivity (Wildman–Crippen MR) is 112 cm³/mol. The molecule has 0 unspecified atom stereocenters. The lowest BCUT2D eigenvalue weighted by molar-refractivity contribution is -0.140. The van der Waals surface area contributed by atoms with Crippen molar-refractivity contribution in [2.24, 2.45) is 0 Å². The minimum Gasteiger partial charge on any atom is -0.351 e. The largest absolute Gasteiger partial charge is 0.351 e. The van der Waals surface area contributed by atoms with Crippen molar-refractivity contribution in [2.75, 3.05) is 5.88 Å². The first kappa shape index (κ1) is 20.7. The second-order valence-electron chi connectivity index (χ2n) is 7.08. The summed E-state index contributed by atoms with van der Waals surface area (Å²) in [7, 11) is 0. The van der Waals surface area contributed by atoms with Gasteiger partial charge in [0.15, 0.2) is 0 Å². The van der Waals surface area contributed by atoms with Gasteiger partial charge < -0.3 is 10.2 Å². The van der Waals surface area contributed by atoms with E-state index in [0.29, 0.717) is 17.1 Å². The Morgan fingerprint density at radius 2 is 1.68 bits per heavy atom. The minimum absolute atomic E-state index is 0.159. The zero-order chi connectivity index (χ0) is 19.9. The van der Waals surface area contributed by atoms with Gasteiger partial charge in [-0.2, -0.15) is 0 Å². The Morgan fingerprint density at radius 3 is 2.29 bits per heavy atom. The van der Waals surface area contributed by atoms with Gasteiger partial charge in [-0.25, -0.2) is 0 Å². The topological polar surface area (TPSA) is 49.4 Å². The van der Waals surface area contributed by atoms with Crippen LogP contribution in [0, 0.1) is 0 Å². The number of carbonyl (C=O) groups excluding carboxylic acids is 2. The Labute approximate surface area is 175 Å². The van der Waals surface area contributed by atoms with E-state index >= 15 is 0 Å². The van der Waals surface area contributed by atoms with E-state index in [1.54, 1.807) is 29.2 Å². The summed E-state index contributed by atoms with van der Waals surface area (Å²) in [5, 5.41) is 3.71. The van der Waals surface area contributed by atoms with Gasteiger partial charge in [-0.05, 0) is 36.1 Å². The summed E-state index contributed by atoms with van der Waals surface area (Å²) in [5.41, 5.74) is 1.66. The van der Waals surface area contributed by atoms with Gasteiger partial charge in [0, 0.05) is 17.6 Å². The highest BCUT2D eigenvalue weighted by Gasteiger charge is 2.32. The molecule has 0 bridgehead atoms. The van der Waals surface area contributed by atoms with E-state index in [9.17, 15) is 9.59 Å². The van der Waals surface area contributed by atoms with Crippen molar-refractivity contribution in [3.05, 3.63) is 70.7 Å². The fourth-order valence-electron chi connectivity index (χ4n) is 3.65. The molecule has 0 aromatic heterocycles. The van der Waals surface area contributed by atoms with Crippen LogP contribution in [0.4, 0.5) is 0 Å². The molecule has 2 aromatic rings. The van der Waals surface area contributed by atoms with Crippen molar-refractivity contribution in [2.45, 2.75) is 44.3 Å². The average Bonchev–Trinajstić information content (AvgIpc) is 3.22. The predicted octanol–water partition coefficient (Wildman–Crippen LogP) is 4.71. The Hall–Kier alpha value is -2.04. The summed E-state index contributed by atoms with van der Waals surface area (Å²) < 4.78 is 0. The molecule has 1 atom stereocenters. The maximum Gasteiger partial charge on any atom is 0.247 e. The van der Waals surface area contributed by atoms with Gasteiger partial charge in [0.1, 0.15) is 11.9 Å². The molecule has 0 saturated heterocycles. The Bertz CT molecular complexity index is 790. The summed E-state index contributed by atoms with van der Waals surface area (Å²) in [5.74, 6) is -0.649. The molecule has 1 aliphatic rings. The van der Waals surface area contributed by atoms with Crippen molar-refractivity contribution in [1.82, 2.24) is 10.2 Å². The molecule has 28 heavy (non-hydrogen) atoms. The van der Waals surface area contributed by atoms with Crippen LogP contribution in [-0.2, 0) is 16.1 Å². The van der Waals surface area contributed by atoms with Gasteiger partial charge in [0.25, 0.3) is 0 Å². The molecule has 6 heteroatoms. The van der Waals surface area contributed by atoms with E-state index in [-0.39, 0.29) is 23.7 Å². The highest BCUT2D eigenvalue weighted by atomic mass is 35.5. The zero-order valence-corrected chi connectivity index (χ0v) is 17.1. The van der Waals surface area contributed by atoms with Crippen molar-refractivity contribution in [1.29, 1.82) is 0 Å². The van der Waals surface area contributed by atoms with E-state index in [1.165, 1.54) is 0 Å². The molecule has 0 spiro atoms. The third-order valence-electron chi connectivity index (χ3n) is 5.08. The molecule has 1 saturated carbocycles. The Morgan fingerprint density at radius 1 is 1.04 bits per heavy atom. The Kier molecular flexibility index (Phi) is 7.35. The maximum absolute atomic E-state index is 13.3. The SMILES string of the molecule is O=C(NC1CCCC1)[C@H](c1ccc(Cl)cc1)N(Cc1ccccc1)C(=O)CCl. The number of carbonyl (C=O) groups is 2. The first-order valence-corrected chi connectivity index (χ1v) is 10.4. The summed E-state index contributed by atoms with van der Waals surface area (Å²) in [6.45, 7) is 0.303. The normalized spacial score (nSPS) is 15.2. The van der Waals surface area contributed by atoms with E-state index in [1.807, 2.05) is 30.3 Å². The molecule has 0 radical (unpaired) electrons. The van der Waals surface area contributed by atoms with Crippen molar-refractivity contribution in [3.8, 4) is 0 Å². The first-order chi connectivity index (χ1) is 13.6. The number of nitrogens with one attached hydrogen (secondary N) is 1. The molecule has 1 aliphatic carbocycles. The Balaban J connectivity index is 1.93. The van der Waals surface area contributed by atoms with Crippen LogP contribution in [-0.4, -0.2) is 28.6 Å². The molecule has 1 fully saturated rings. The van der Waals surface area contributed by atoms with Crippen molar-refractivity contribution >= 4 is 35.0 Å². The number of amides is 2. The number of hydrogen-bond acceptors (Lipinski definition) is 2. The number of alkyl halides is 1. The highest BCUT2D eigenvalue weighted by Crippen LogP contribution is 2.27. The van der Waals surface area contributed by atoms with Crippen LogP contribution in [0.5, 0.6) is 0 Å². The number of rotatable bonds is 7. The molecule has 0 heterocycles. The summed E-state index contributed by atoms with van der Waals surface area (Å²) in [6.07, 6.45) is 4.18.